The summed E-state index contributed by atoms with van der Waals surface area (Å²) in [6.07, 6.45) is 7.43. The van der Waals surface area contributed by atoms with Crippen LogP contribution in [0.4, 0.5) is 5.69 Å². The van der Waals surface area contributed by atoms with E-state index in [1.165, 1.54) is 6.92 Å². The van der Waals surface area contributed by atoms with Gasteiger partial charge in [-0.3, -0.25) is 9.59 Å². The van der Waals surface area contributed by atoms with Gasteiger partial charge in [0, 0.05) is 57.8 Å². The lowest BCUT2D eigenvalue weighted by Crippen LogP contribution is -2.52. The minimum atomic E-state index is -1.46. The average molecular weight is 771 g/mol. The summed E-state index contributed by atoms with van der Waals surface area (Å²) in [5.41, 5.74) is 0.133. The van der Waals surface area contributed by atoms with E-state index < -0.39 is 47.5 Å². The number of nitrogens with one attached hydrogen (secondary N) is 1. The topological polar surface area (TPSA) is 160 Å². The maximum Gasteiger partial charge on any atom is 0.309 e. The third-order valence-electron chi connectivity index (χ3n) is 11.2. The zero-order chi connectivity index (χ0) is 40.3. The Bertz CT molecular complexity index is 1460. The Morgan fingerprint density at radius 2 is 1.89 bits per heavy atom. The molecule has 2 saturated heterocycles. The summed E-state index contributed by atoms with van der Waals surface area (Å²) in [5.74, 6) is -1.38. The molecule has 0 aliphatic carbocycles. The van der Waals surface area contributed by atoms with E-state index in [0.717, 1.165) is 50.4 Å². The number of carbonyl (C=O) groups is 2. The largest absolute Gasteiger partial charge is 0.457 e. The molecule has 1 aromatic rings. The van der Waals surface area contributed by atoms with E-state index in [9.17, 15) is 24.9 Å². The average Bonchev–Trinajstić information content (AvgIpc) is 3.96. The molecular weight excluding hydrogens is 704 g/mol. The van der Waals surface area contributed by atoms with Crippen LogP contribution in [0.3, 0.4) is 0 Å². The molecule has 3 heterocycles. The Morgan fingerprint density at radius 1 is 1.16 bits per heavy atom. The van der Waals surface area contributed by atoms with Crippen LogP contribution in [0.1, 0.15) is 86.1 Å². The molecule has 2 unspecified atom stereocenters. The number of hydrogen-bond acceptors (Lipinski definition) is 12. The smallest absolute Gasteiger partial charge is 0.309 e. The van der Waals surface area contributed by atoms with E-state index >= 15 is 0 Å². The second kappa shape index (κ2) is 20.4. The highest BCUT2D eigenvalue weighted by molar-refractivity contribution is 5.70. The van der Waals surface area contributed by atoms with Crippen LogP contribution in [0.25, 0.3) is 0 Å². The Kier molecular flexibility index (Phi) is 16.5. The minimum Gasteiger partial charge on any atom is -0.457 e. The van der Waals surface area contributed by atoms with Crippen molar-refractivity contribution >= 4 is 17.6 Å². The van der Waals surface area contributed by atoms with Gasteiger partial charge in [-0.25, -0.2) is 0 Å². The van der Waals surface area contributed by atoms with Crippen molar-refractivity contribution in [1.29, 1.82) is 0 Å². The van der Waals surface area contributed by atoms with Gasteiger partial charge in [-0.15, -0.1) is 0 Å². The zero-order valence-corrected chi connectivity index (χ0v) is 34.1. The highest BCUT2D eigenvalue weighted by Gasteiger charge is 2.54. The number of epoxide rings is 1. The third-order valence-corrected chi connectivity index (χ3v) is 11.2. The second-order valence-electron chi connectivity index (χ2n) is 16.0. The van der Waals surface area contributed by atoms with Gasteiger partial charge in [0.2, 0.25) is 0 Å². The standard InChI is InChI=1S/C43H66N2O10/c1-9-35(51-8)30(4)39-40(55-39)41(44-27-32-14-16-33(17-15-32)45-22-11-24-52-25-23-45)43(7,50)20-10-12-28(2)38-29(3)13-18-36(53-31(5)46)42(6,49)21-19-34(47)26-37(48)54-38/h10,12-18,20,29-30,34-36,38-41,44,47,49-50H,9,11,19,21-27H2,1-8H3/b18-13+,20-10+,28-12+/t29-,30+,34+,35-,36-,38+,39+,40-,41?,42+,43?/m0/s1. The first-order valence-electron chi connectivity index (χ1n) is 19.9. The lowest BCUT2D eigenvalue weighted by atomic mass is 9.87. The number of carbonyl (C=O) groups excluding carboxylic acids is 2. The van der Waals surface area contributed by atoms with Crippen molar-refractivity contribution in [2.45, 2.75) is 141 Å². The SMILES string of the molecule is CC[C@H](OC)[C@@H](C)[C@H]1O[C@@H]1C(NCc1ccc(N2CCCOCC2)cc1)C(C)(O)/C=C/C=C(\C)[C@H]1OC(=O)C[C@H](O)CC[C@@](C)(O)[C@@H](OC(C)=O)/C=C/[C@@H]1C. The molecule has 12 heteroatoms. The first-order valence-corrected chi connectivity index (χ1v) is 19.9. The third kappa shape index (κ3) is 13.0. The van der Waals surface area contributed by atoms with Gasteiger partial charge in [0.15, 0.2) is 0 Å². The monoisotopic (exact) mass is 770 g/mol. The van der Waals surface area contributed by atoms with Crippen LogP contribution in [0, 0.1) is 11.8 Å². The van der Waals surface area contributed by atoms with Gasteiger partial charge in [-0.1, -0.05) is 57.2 Å². The number of rotatable bonds is 14. The summed E-state index contributed by atoms with van der Waals surface area (Å²) in [6.45, 7) is 16.3. The summed E-state index contributed by atoms with van der Waals surface area (Å²) in [4.78, 5) is 27.2. The molecule has 308 valence electrons. The van der Waals surface area contributed by atoms with Crippen LogP contribution in [0.2, 0.25) is 0 Å². The number of benzene rings is 1. The Morgan fingerprint density at radius 3 is 2.56 bits per heavy atom. The molecule has 11 atom stereocenters. The Hall–Kier alpha value is -3.10. The van der Waals surface area contributed by atoms with E-state index in [4.69, 9.17) is 23.7 Å². The van der Waals surface area contributed by atoms with E-state index in [2.05, 4.69) is 48.3 Å². The van der Waals surface area contributed by atoms with Crippen LogP contribution >= 0.6 is 0 Å². The Balaban J connectivity index is 1.55. The molecule has 4 N–H and O–H groups in total. The fraction of sp³-hybridized carbons (Fsp3) is 0.674. The summed E-state index contributed by atoms with van der Waals surface area (Å²) in [5, 5.41) is 37.4. The van der Waals surface area contributed by atoms with Crippen LogP contribution in [0.5, 0.6) is 0 Å². The van der Waals surface area contributed by atoms with Crippen molar-refractivity contribution in [3.63, 3.8) is 0 Å². The van der Waals surface area contributed by atoms with Crippen molar-refractivity contribution in [2.75, 3.05) is 38.3 Å². The maximum absolute atomic E-state index is 13.0. The van der Waals surface area contributed by atoms with E-state index in [1.54, 1.807) is 51.3 Å². The van der Waals surface area contributed by atoms with Crippen LogP contribution < -0.4 is 10.2 Å². The fourth-order valence-corrected chi connectivity index (χ4v) is 7.73. The van der Waals surface area contributed by atoms with Gasteiger partial charge < -0.3 is 49.2 Å². The molecule has 1 aromatic carbocycles. The molecule has 55 heavy (non-hydrogen) atoms. The highest BCUT2D eigenvalue weighted by atomic mass is 16.6. The maximum atomic E-state index is 13.0. The molecule has 3 aliphatic rings. The number of methoxy groups -OCH3 is 1. The first kappa shape index (κ1) is 44.6. The number of anilines is 1. The van der Waals surface area contributed by atoms with Gasteiger partial charge in [-0.05, 0) is 75.8 Å². The first-order chi connectivity index (χ1) is 26.1. The van der Waals surface area contributed by atoms with Crippen molar-refractivity contribution in [2.24, 2.45) is 11.8 Å². The second-order valence-corrected chi connectivity index (χ2v) is 16.0. The van der Waals surface area contributed by atoms with Crippen molar-refractivity contribution in [3.05, 3.63) is 65.8 Å². The minimum absolute atomic E-state index is 0.0277. The molecule has 2 fully saturated rings. The van der Waals surface area contributed by atoms with Crippen molar-refractivity contribution < 1.29 is 48.6 Å². The van der Waals surface area contributed by atoms with Gasteiger partial charge >= 0.3 is 11.9 Å². The Labute approximate surface area is 327 Å². The van der Waals surface area contributed by atoms with E-state index in [0.29, 0.717) is 12.1 Å². The van der Waals surface area contributed by atoms with Gasteiger partial charge in [0.05, 0.1) is 43.0 Å². The number of allylic oxidation sites excluding steroid dienone is 2. The molecule has 0 amide bonds. The lowest BCUT2D eigenvalue weighted by Gasteiger charge is -2.32. The zero-order valence-electron chi connectivity index (χ0n) is 34.1. The molecule has 0 bridgehead atoms. The van der Waals surface area contributed by atoms with Gasteiger partial charge in [-0.2, -0.15) is 0 Å². The molecule has 0 spiro atoms. The summed E-state index contributed by atoms with van der Waals surface area (Å²) in [7, 11) is 1.72. The highest BCUT2D eigenvalue weighted by Crippen LogP contribution is 2.39. The number of hydrogen-bond donors (Lipinski definition) is 4. The summed E-state index contributed by atoms with van der Waals surface area (Å²) >= 11 is 0. The van der Waals surface area contributed by atoms with Crippen molar-refractivity contribution in [1.82, 2.24) is 5.32 Å². The van der Waals surface area contributed by atoms with Crippen LogP contribution in [-0.2, 0) is 39.8 Å². The molecule has 4 rings (SSSR count). The molecule has 3 aliphatic heterocycles. The molecule has 0 saturated carbocycles. The molecule has 0 radical (unpaired) electrons. The van der Waals surface area contributed by atoms with Crippen molar-refractivity contribution in [3.8, 4) is 0 Å². The number of ether oxygens (including phenoxy) is 5. The quantitative estimate of drug-likeness (QED) is 0.0889. The normalized spacial score (nSPS) is 31.9. The van der Waals surface area contributed by atoms with E-state index in [1.807, 2.05) is 13.8 Å². The summed E-state index contributed by atoms with van der Waals surface area (Å²) < 4.78 is 29.0. The van der Waals surface area contributed by atoms with Gasteiger partial charge in [0.1, 0.15) is 23.9 Å². The van der Waals surface area contributed by atoms with Gasteiger partial charge in [0.25, 0.3) is 0 Å². The van der Waals surface area contributed by atoms with Crippen LogP contribution in [-0.4, -0.2) is 115 Å². The number of aliphatic hydroxyl groups excluding tert-OH is 1. The fourth-order valence-electron chi connectivity index (χ4n) is 7.73. The predicted octanol–water partition coefficient (Wildman–Crippen LogP) is 4.79. The lowest BCUT2D eigenvalue weighted by molar-refractivity contribution is -0.157. The summed E-state index contributed by atoms with van der Waals surface area (Å²) in [6, 6.07) is 8.04. The van der Waals surface area contributed by atoms with E-state index in [-0.39, 0.29) is 49.4 Å². The number of nitrogens with zero attached hydrogens (tertiary/aromatic N) is 1. The van der Waals surface area contributed by atoms with Crippen LogP contribution in [0.15, 0.2) is 60.2 Å². The molecular formula is C43H66N2O10. The number of cyclic esters (lactones) is 1. The number of esters is 2. The molecule has 0 aromatic heterocycles. The predicted molar refractivity (Wildman–Crippen MR) is 211 cm³/mol. The number of aliphatic hydroxyl groups is 3. The molecule has 12 nitrogen and oxygen atoms in total.